The third-order valence-electron chi connectivity index (χ3n) is 17.0. The summed E-state index contributed by atoms with van der Waals surface area (Å²) < 4.78 is 31.4. The number of esters is 1. The van der Waals surface area contributed by atoms with Crippen LogP contribution in [0.25, 0.3) is 0 Å². The van der Waals surface area contributed by atoms with E-state index in [4.69, 9.17) is 23.7 Å². The molecule has 282 valence electrons. The molecular weight excluding hydrogens is 634 g/mol. The molecule has 5 aliphatic carbocycles. The van der Waals surface area contributed by atoms with Crippen molar-refractivity contribution in [2.45, 2.75) is 162 Å². The molecule has 8 fully saturated rings. The molecule has 0 aromatic rings. The minimum atomic E-state index is -0.868. The molecule has 1 N–H and O–H groups in total. The van der Waals surface area contributed by atoms with Crippen LogP contribution in [0.15, 0.2) is 0 Å². The molecule has 0 aromatic heterocycles. The Kier molecular flexibility index (Phi) is 8.96. The van der Waals surface area contributed by atoms with E-state index in [1.807, 2.05) is 0 Å². The molecule has 3 heterocycles. The molecule has 2 spiro atoms. The van der Waals surface area contributed by atoms with Crippen LogP contribution in [0.5, 0.6) is 0 Å². The Morgan fingerprint density at radius 3 is 2.44 bits per heavy atom. The first-order chi connectivity index (χ1) is 23.7. The van der Waals surface area contributed by atoms with Gasteiger partial charge in [-0.2, -0.15) is 0 Å². The van der Waals surface area contributed by atoms with E-state index >= 15 is 4.79 Å². The Morgan fingerprint density at radius 1 is 1.00 bits per heavy atom. The predicted molar refractivity (Wildman–Crippen MR) is 187 cm³/mol. The van der Waals surface area contributed by atoms with Gasteiger partial charge in [0, 0.05) is 50.1 Å². The van der Waals surface area contributed by atoms with Gasteiger partial charge < -0.3 is 28.8 Å². The summed E-state index contributed by atoms with van der Waals surface area (Å²) >= 11 is 0. The van der Waals surface area contributed by atoms with Crippen molar-refractivity contribution in [2.24, 2.45) is 50.7 Å². The van der Waals surface area contributed by atoms with E-state index in [0.717, 1.165) is 71.4 Å². The number of hydrogen-bond acceptors (Lipinski definition) is 9. The van der Waals surface area contributed by atoms with Crippen LogP contribution in [0, 0.1) is 50.7 Å². The molecule has 0 bridgehead atoms. The van der Waals surface area contributed by atoms with E-state index < -0.39 is 29.8 Å². The zero-order valence-corrected chi connectivity index (χ0v) is 31.9. The van der Waals surface area contributed by atoms with Gasteiger partial charge in [0.2, 0.25) is 0 Å². The van der Waals surface area contributed by atoms with Gasteiger partial charge in [0.1, 0.15) is 6.10 Å². The summed E-state index contributed by atoms with van der Waals surface area (Å²) in [4.78, 5) is 29.9. The highest BCUT2D eigenvalue weighted by atomic mass is 16.7. The Balaban J connectivity index is 1.00. The van der Waals surface area contributed by atoms with Crippen molar-refractivity contribution in [3.8, 4) is 0 Å². The molecule has 0 aromatic carbocycles. The summed E-state index contributed by atoms with van der Waals surface area (Å²) in [5.41, 5.74) is -0.0857. The zero-order valence-electron chi connectivity index (χ0n) is 31.9. The van der Waals surface area contributed by atoms with Crippen molar-refractivity contribution in [3.63, 3.8) is 0 Å². The highest BCUT2D eigenvalue weighted by Crippen LogP contribution is 2.89. The van der Waals surface area contributed by atoms with E-state index in [0.29, 0.717) is 24.3 Å². The summed E-state index contributed by atoms with van der Waals surface area (Å²) in [5.74, 6) is 1.22. The number of Topliss-reactive ketones (excluding diaryl/α,β-unsaturated/α-hetero) is 1. The summed E-state index contributed by atoms with van der Waals surface area (Å²) in [6.45, 7) is 19.6. The van der Waals surface area contributed by atoms with Crippen molar-refractivity contribution in [1.82, 2.24) is 4.90 Å². The molecule has 3 aliphatic heterocycles. The number of fused-ring (bicyclic) bond motifs is 4. The van der Waals surface area contributed by atoms with Gasteiger partial charge >= 0.3 is 5.97 Å². The maximum absolute atomic E-state index is 15.0. The first-order valence-electron chi connectivity index (χ1n) is 20.4. The van der Waals surface area contributed by atoms with E-state index in [1.54, 1.807) is 13.8 Å². The zero-order chi connectivity index (χ0) is 35.4. The van der Waals surface area contributed by atoms with E-state index in [1.165, 1.54) is 19.3 Å². The number of aliphatic hydroxyl groups excluding tert-OH is 1. The number of nitrogens with zero attached hydrogens (tertiary/aromatic N) is 1. The lowest BCUT2D eigenvalue weighted by molar-refractivity contribution is -0.250. The van der Waals surface area contributed by atoms with Gasteiger partial charge in [-0.1, -0.05) is 41.5 Å². The largest absolute Gasteiger partial charge is 0.457 e. The molecule has 9 heteroatoms. The second kappa shape index (κ2) is 12.5. The number of hydrogen-bond donors (Lipinski definition) is 1. The molecule has 2 unspecified atom stereocenters. The Bertz CT molecular complexity index is 1330. The average molecular weight is 700 g/mol. The van der Waals surface area contributed by atoms with Gasteiger partial charge in [-0.15, -0.1) is 0 Å². The molecular formula is C41H65NO8. The van der Waals surface area contributed by atoms with Gasteiger partial charge in [-0.25, -0.2) is 0 Å². The van der Waals surface area contributed by atoms with Gasteiger partial charge in [-0.05, 0) is 111 Å². The summed E-state index contributed by atoms with van der Waals surface area (Å²) in [6, 6.07) is 0.570. The van der Waals surface area contributed by atoms with Crippen LogP contribution >= 0.6 is 0 Å². The number of carbonyl (C=O) groups is 2. The van der Waals surface area contributed by atoms with Crippen LogP contribution < -0.4 is 0 Å². The number of ether oxygens (including phenoxy) is 5. The van der Waals surface area contributed by atoms with Crippen molar-refractivity contribution in [3.05, 3.63) is 0 Å². The van der Waals surface area contributed by atoms with Crippen LogP contribution in [0.1, 0.15) is 119 Å². The smallest absolute Gasteiger partial charge is 0.305 e. The number of aliphatic hydroxyl groups is 1. The number of ketones is 1. The van der Waals surface area contributed by atoms with Crippen LogP contribution in [0.4, 0.5) is 0 Å². The van der Waals surface area contributed by atoms with Crippen molar-refractivity contribution >= 4 is 11.8 Å². The van der Waals surface area contributed by atoms with Crippen LogP contribution in [0.3, 0.4) is 0 Å². The SMILES string of the molecule is CCC(=O)O[C@H](C(C)O)[C@H]1C[C@@H](C)C2[C@H](O1)C(=O)[C@@]1(C)[C@@H]3CC[C@H]4C(C)(C)[C@@H](O[C@H]5CN(C6CCOCC6)CCO5)CC[C@@]45C[C@@]35CC[C@]21C. The average Bonchev–Trinajstić information content (AvgIpc) is 3.73. The van der Waals surface area contributed by atoms with Gasteiger partial charge in [0.05, 0.1) is 24.9 Å². The quantitative estimate of drug-likeness (QED) is 0.324. The number of rotatable bonds is 7. The minimum Gasteiger partial charge on any atom is -0.457 e. The van der Waals surface area contributed by atoms with Gasteiger partial charge in [0.15, 0.2) is 18.2 Å². The second-order valence-electron chi connectivity index (χ2n) is 19.2. The van der Waals surface area contributed by atoms with Crippen molar-refractivity contribution < 1.29 is 38.4 Å². The lowest BCUT2D eigenvalue weighted by Gasteiger charge is -2.62. The highest BCUT2D eigenvalue weighted by Gasteiger charge is 2.85. The molecule has 14 atom stereocenters. The molecule has 8 aliphatic rings. The third-order valence-corrected chi connectivity index (χ3v) is 17.0. The number of carbonyl (C=O) groups excluding carboxylic acids is 2. The first kappa shape index (κ1) is 35.9. The van der Waals surface area contributed by atoms with Crippen LogP contribution in [-0.4, -0.2) is 97.5 Å². The second-order valence-corrected chi connectivity index (χ2v) is 19.2. The maximum atomic E-state index is 15.0. The molecule has 5 saturated carbocycles. The van der Waals surface area contributed by atoms with E-state index in [-0.39, 0.29) is 64.1 Å². The monoisotopic (exact) mass is 699 g/mol. The number of morpholine rings is 1. The Hall–Kier alpha value is -1.10. The lowest BCUT2D eigenvalue weighted by Crippen LogP contribution is -2.60. The minimum absolute atomic E-state index is 0.0309. The summed E-state index contributed by atoms with van der Waals surface area (Å²) in [7, 11) is 0. The molecule has 8 rings (SSSR count). The molecule has 9 nitrogen and oxygen atoms in total. The molecule has 3 saturated heterocycles. The maximum Gasteiger partial charge on any atom is 0.305 e. The van der Waals surface area contributed by atoms with E-state index in [9.17, 15) is 9.90 Å². The molecule has 50 heavy (non-hydrogen) atoms. The van der Waals surface area contributed by atoms with Crippen LogP contribution in [-0.2, 0) is 33.3 Å². The lowest BCUT2D eigenvalue weighted by atomic mass is 9.41. The highest BCUT2D eigenvalue weighted by molar-refractivity contribution is 5.93. The topological polar surface area (TPSA) is 104 Å². The third kappa shape index (κ3) is 4.98. The fraction of sp³-hybridized carbons (Fsp3) is 0.951. The predicted octanol–water partition coefficient (Wildman–Crippen LogP) is 5.93. The van der Waals surface area contributed by atoms with E-state index in [2.05, 4.69) is 39.5 Å². The normalized spacial score (nSPS) is 49.8. The fourth-order valence-corrected chi connectivity index (χ4v) is 14.5. The Labute approximate surface area is 300 Å². The Morgan fingerprint density at radius 2 is 1.72 bits per heavy atom. The molecule has 0 amide bonds. The molecule has 0 radical (unpaired) electrons. The summed E-state index contributed by atoms with van der Waals surface area (Å²) in [6.07, 6.45) is 8.45. The van der Waals surface area contributed by atoms with Crippen molar-refractivity contribution in [1.29, 1.82) is 0 Å². The van der Waals surface area contributed by atoms with Crippen molar-refractivity contribution in [2.75, 3.05) is 32.9 Å². The van der Waals surface area contributed by atoms with Crippen LogP contribution in [0.2, 0.25) is 0 Å². The van der Waals surface area contributed by atoms with Gasteiger partial charge in [0.25, 0.3) is 0 Å². The first-order valence-corrected chi connectivity index (χ1v) is 20.4. The standard InChI is InChI=1S/C41H65NO8/c1-8-31(44)50-34(25(3)43)27-21-24(2)33-35(48-27)36(45)39(7)29-10-9-28-37(4,5)30(11-14-40(28)23-41(29,40)16-15-38(33,39)6)49-32-22-42(17-20-47-32)26-12-18-46-19-13-26/h24-30,32-35,43H,8-23H2,1-7H3/t24-,25?,27-,28+,29+,30+,32+,33?,34-,35+,38-,39-,40-,41+/m1/s1. The van der Waals surface area contributed by atoms with Gasteiger partial charge in [-0.3, -0.25) is 14.5 Å². The summed E-state index contributed by atoms with van der Waals surface area (Å²) in [5, 5.41) is 10.7. The fourth-order valence-electron chi connectivity index (χ4n) is 14.5.